The zero-order valence-corrected chi connectivity index (χ0v) is 12.6. The van der Waals surface area contributed by atoms with Crippen LogP contribution in [0.15, 0.2) is 22.9 Å². The zero-order chi connectivity index (χ0) is 16.8. The second-order valence-corrected chi connectivity index (χ2v) is 4.56. The van der Waals surface area contributed by atoms with Gasteiger partial charge >= 0.3 is 6.03 Å². The smallest absolute Gasteiger partial charge is 0.323 e. The summed E-state index contributed by atoms with van der Waals surface area (Å²) >= 11 is 0. The van der Waals surface area contributed by atoms with E-state index in [-0.39, 0.29) is 11.6 Å². The minimum absolute atomic E-state index is 0.0827. The number of aromatic nitrogens is 2. The summed E-state index contributed by atoms with van der Waals surface area (Å²) in [5.74, 6) is 0.457. The summed E-state index contributed by atoms with van der Waals surface area (Å²) in [5, 5.41) is 8.89. The number of nitrogens with one attached hydrogen (secondary N) is 2. The number of amides is 2. The Labute approximate surface area is 131 Å². The van der Waals surface area contributed by atoms with Gasteiger partial charge in [-0.05, 0) is 19.1 Å². The highest BCUT2D eigenvalue weighted by atomic mass is 19.3. The summed E-state index contributed by atoms with van der Waals surface area (Å²) in [6.45, 7) is 2.75. The summed E-state index contributed by atoms with van der Waals surface area (Å²) in [4.78, 5) is 15.9. The van der Waals surface area contributed by atoms with Gasteiger partial charge in [-0.2, -0.15) is 0 Å². The lowest BCUT2D eigenvalue weighted by molar-refractivity contribution is 0.0800. The van der Waals surface area contributed by atoms with Crippen molar-refractivity contribution in [1.82, 2.24) is 10.1 Å². The number of urea groups is 1. The first-order valence-electron chi connectivity index (χ1n) is 6.90. The number of carbonyl (C=O) groups is 1. The van der Waals surface area contributed by atoms with Crippen molar-refractivity contribution in [2.45, 2.75) is 26.7 Å². The number of alkyl halides is 2. The molecular weight excluding hydrogens is 310 g/mol. The number of pyridine rings is 1. The quantitative estimate of drug-likeness (QED) is 0.850. The van der Waals surface area contributed by atoms with Crippen molar-refractivity contribution in [3.05, 3.63) is 29.8 Å². The molecule has 7 nitrogen and oxygen atoms in total. The molecule has 0 spiro atoms. The molecule has 0 saturated heterocycles. The lowest BCUT2D eigenvalue weighted by atomic mass is 10.2. The third-order valence-electron chi connectivity index (χ3n) is 2.86. The molecular formula is C14H16F2N4O3. The SMILES string of the molecule is CCc1onc(C)c1NC(=O)Nc1cccnc1OCC(F)F. The van der Waals surface area contributed by atoms with Crippen LogP contribution in [0.5, 0.6) is 5.88 Å². The lowest BCUT2D eigenvalue weighted by Gasteiger charge is -2.11. The number of nitrogens with zero attached hydrogens (tertiary/aromatic N) is 2. The number of carbonyl (C=O) groups excluding carboxylic acids is 1. The van der Waals surface area contributed by atoms with Gasteiger partial charge in [-0.15, -0.1) is 0 Å². The van der Waals surface area contributed by atoms with E-state index in [1.807, 2.05) is 6.92 Å². The Hall–Kier alpha value is -2.71. The molecule has 0 aliphatic rings. The maximum Gasteiger partial charge on any atom is 0.323 e. The van der Waals surface area contributed by atoms with Gasteiger partial charge in [-0.1, -0.05) is 12.1 Å². The summed E-state index contributed by atoms with van der Waals surface area (Å²) in [6, 6.07) is 2.46. The number of halogens is 2. The molecule has 0 aromatic carbocycles. The molecule has 2 N–H and O–H groups in total. The summed E-state index contributed by atoms with van der Waals surface area (Å²) in [5.41, 5.74) is 1.19. The highest BCUT2D eigenvalue weighted by Gasteiger charge is 2.16. The molecule has 2 aromatic heterocycles. The molecule has 9 heteroatoms. The Kier molecular flexibility index (Phi) is 5.45. The number of rotatable bonds is 6. The zero-order valence-electron chi connectivity index (χ0n) is 12.6. The Bertz CT molecular complexity index is 676. The molecule has 0 aliphatic heterocycles. The van der Waals surface area contributed by atoms with Gasteiger partial charge in [0, 0.05) is 12.6 Å². The van der Waals surface area contributed by atoms with Crippen molar-refractivity contribution in [3.63, 3.8) is 0 Å². The fraction of sp³-hybridized carbons (Fsp3) is 0.357. The normalized spacial score (nSPS) is 10.7. The molecule has 2 aromatic rings. The predicted octanol–water partition coefficient (Wildman–Crippen LogP) is 3.23. The van der Waals surface area contributed by atoms with Crippen LogP contribution in [0, 0.1) is 6.92 Å². The molecule has 23 heavy (non-hydrogen) atoms. The van der Waals surface area contributed by atoms with Crippen molar-refractivity contribution in [3.8, 4) is 5.88 Å². The molecule has 2 amide bonds. The summed E-state index contributed by atoms with van der Waals surface area (Å²) in [7, 11) is 0. The van der Waals surface area contributed by atoms with Crippen LogP contribution in [0.4, 0.5) is 25.0 Å². The van der Waals surface area contributed by atoms with Crippen LogP contribution < -0.4 is 15.4 Å². The van der Waals surface area contributed by atoms with E-state index in [9.17, 15) is 13.6 Å². The van der Waals surface area contributed by atoms with Crippen molar-refractivity contribution in [1.29, 1.82) is 0 Å². The third-order valence-corrected chi connectivity index (χ3v) is 2.86. The van der Waals surface area contributed by atoms with Gasteiger partial charge in [0.1, 0.15) is 17.1 Å². The van der Waals surface area contributed by atoms with E-state index in [0.29, 0.717) is 23.6 Å². The van der Waals surface area contributed by atoms with Crippen LogP contribution >= 0.6 is 0 Å². The van der Waals surface area contributed by atoms with Gasteiger partial charge in [-0.25, -0.2) is 18.6 Å². The van der Waals surface area contributed by atoms with Crippen molar-refractivity contribution in [2.75, 3.05) is 17.2 Å². The first kappa shape index (κ1) is 16.7. The molecule has 0 bridgehead atoms. The van der Waals surface area contributed by atoms with Gasteiger partial charge < -0.3 is 19.9 Å². The number of anilines is 2. The van der Waals surface area contributed by atoms with E-state index in [4.69, 9.17) is 9.26 Å². The van der Waals surface area contributed by atoms with Crippen LogP contribution in [0.2, 0.25) is 0 Å². The predicted molar refractivity (Wildman–Crippen MR) is 79.0 cm³/mol. The fourth-order valence-corrected chi connectivity index (χ4v) is 1.83. The third kappa shape index (κ3) is 4.38. The number of ether oxygens (including phenoxy) is 1. The maximum absolute atomic E-state index is 12.2. The molecule has 0 aliphatic carbocycles. The van der Waals surface area contributed by atoms with Crippen molar-refractivity contribution >= 4 is 17.4 Å². The van der Waals surface area contributed by atoms with Crippen molar-refractivity contribution < 1.29 is 22.8 Å². The first-order chi connectivity index (χ1) is 11.0. The molecule has 0 radical (unpaired) electrons. The van der Waals surface area contributed by atoms with E-state index >= 15 is 0 Å². The second kappa shape index (κ2) is 7.52. The van der Waals surface area contributed by atoms with Gasteiger partial charge in [0.25, 0.3) is 6.43 Å². The second-order valence-electron chi connectivity index (χ2n) is 4.56. The van der Waals surface area contributed by atoms with E-state index in [2.05, 4.69) is 20.8 Å². The van der Waals surface area contributed by atoms with Crippen LogP contribution in [-0.4, -0.2) is 29.2 Å². The van der Waals surface area contributed by atoms with Gasteiger partial charge in [0.15, 0.2) is 12.4 Å². The molecule has 0 fully saturated rings. The molecule has 0 atom stereocenters. The number of aryl methyl sites for hydroxylation is 2. The number of hydrogen-bond donors (Lipinski definition) is 2. The highest BCUT2D eigenvalue weighted by Crippen LogP contribution is 2.23. The highest BCUT2D eigenvalue weighted by molar-refractivity contribution is 6.01. The van der Waals surface area contributed by atoms with E-state index < -0.39 is 19.1 Å². The van der Waals surface area contributed by atoms with E-state index in [1.165, 1.54) is 12.3 Å². The number of hydrogen-bond acceptors (Lipinski definition) is 5. The van der Waals surface area contributed by atoms with Crippen LogP contribution in [0.25, 0.3) is 0 Å². The van der Waals surface area contributed by atoms with E-state index in [1.54, 1.807) is 13.0 Å². The van der Waals surface area contributed by atoms with Crippen LogP contribution in [-0.2, 0) is 6.42 Å². The minimum Gasteiger partial charge on any atom is -0.470 e. The largest absolute Gasteiger partial charge is 0.470 e. The minimum atomic E-state index is -2.63. The van der Waals surface area contributed by atoms with Crippen LogP contribution in [0.1, 0.15) is 18.4 Å². The first-order valence-corrected chi connectivity index (χ1v) is 6.90. The Balaban J connectivity index is 2.07. The average Bonchev–Trinajstić information content (AvgIpc) is 2.86. The standard InChI is InChI=1S/C14H16F2N4O3/c1-3-10-12(8(2)20-23-10)19-14(21)18-9-5-4-6-17-13(9)22-7-11(15)16/h4-6,11H,3,7H2,1-2H3,(H2,18,19,21). The fourth-order valence-electron chi connectivity index (χ4n) is 1.83. The molecule has 2 rings (SSSR count). The Morgan fingerprint density at radius 3 is 2.91 bits per heavy atom. The maximum atomic E-state index is 12.2. The molecule has 2 heterocycles. The molecule has 0 saturated carbocycles. The Morgan fingerprint density at radius 1 is 1.43 bits per heavy atom. The molecule has 0 unspecified atom stereocenters. The topological polar surface area (TPSA) is 89.3 Å². The lowest BCUT2D eigenvalue weighted by Crippen LogP contribution is -2.21. The Morgan fingerprint density at radius 2 is 2.22 bits per heavy atom. The van der Waals surface area contributed by atoms with Gasteiger partial charge in [0.05, 0.1) is 0 Å². The van der Waals surface area contributed by atoms with E-state index in [0.717, 1.165) is 0 Å². The van der Waals surface area contributed by atoms with Crippen molar-refractivity contribution in [2.24, 2.45) is 0 Å². The average molecular weight is 326 g/mol. The summed E-state index contributed by atoms with van der Waals surface area (Å²) < 4.78 is 34.4. The summed E-state index contributed by atoms with van der Waals surface area (Å²) in [6.07, 6.45) is -0.694. The van der Waals surface area contributed by atoms with Crippen LogP contribution in [0.3, 0.4) is 0 Å². The molecule has 124 valence electrons. The van der Waals surface area contributed by atoms with Gasteiger partial charge in [-0.3, -0.25) is 0 Å². The monoisotopic (exact) mass is 326 g/mol. The van der Waals surface area contributed by atoms with Gasteiger partial charge in [0.2, 0.25) is 5.88 Å².